The molecule has 0 atom stereocenters. The number of methoxy groups -OCH3 is 1. The van der Waals surface area contributed by atoms with Crippen molar-refractivity contribution in [3.63, 3.8) is 0 Å². The average Bonchev–Trinajstić information content (AvgIpc) is 2.42. The molecule has 112 valence electrons. The Labute approximate surface area is 114 Å². The minimum atomic E-state index is -3.37. The Balaban J connectivity index is 2.11. The Bertz CT molecular complexity index is 366. The zero-order valence-electron chi connectivity index (χ0n) is 11.4. The van der Waals surface area contributed by atoms with E-state index in [2.05, 4.69) is 19.7 Å². The fourth-order valence-electron chi connectivity index (χ4n) is 1.86. The summed E-state index contributed by atoms with van der Waals surface area (Å²) in [6.45, 7) is 5.30. The van der Waals surface area contributed by atoms with E-state index in [0.717, 1.165) is 39.1 Å². The number of hydrogen-bond acceptors (Lipinski definition) is 6. The van der Waals surface area contributed by atoms with Crippen LogP contribution in [0.25, 0.3) is 0 Å². The van der Waals surface area contributed by atoms with Gasteiger partial charge in [-0.1, -0.05) is 0 Å². The first-order valence-corrected chi connectivity index (χ1v) is 8.16. The van der Waals surface area contributed by atoms with Gasteiger partial charge in [0.2, 0.25) is 10.0 Å². The van der Waals surface area contributed by atoms with Crippen molar-refractivity contribution in [2.45, 2.75) is 12.8 Å². The molecule has 1 aliphatic rings. The largest absolute Gasteiger partial charge is 0.469 e. The minimum Gasteiger partial charge on any atom is -0.469 e. The van der Waals surface area contributed by atoms with E-state index >= 15 is 0 Å². The summed E-state index contributed by atoms with van der Waals surface area (Å²) < 4.78 is 30.0. The predicted molar refractivity (Wildman–Crippen MR) is 72.3 cm³/mol. The van der Waals surface area contributed by atoms with Gasteiger partial charge in [0.1, 0.15) is 0 Å². The van der Waals surface area contributed by atoms with Crippen molar-refractivity contribution < 1.29 is 17.9 Å². The molecule has 1 saturated heterocycles. The summed E-state index contributed by atoms with van der Waals surface area (Å²) in [5.74, 6) is -0.723. The van der Waals surface area contributed by atoms with E-state index in [9.17, 15) is 13.2 Å². The summed E-state index contributed by atoms with van der Waals surface area (Å²) >= 11 is 0. The maximum Gasteiger partial charge on any atom is 0.306 e. The maximum atomic E-state index is 11.6. The third kappa shape index (κ3) is 7.46. The van der Waals surface area contributed by atoms with Gasteiger partial charge in [0, 0.05) is 32.7 Å². The van der Waals surface area contributed by atoms with Gasteiger partial charge in [-0.2, -0.15) is 0 Å². The highest BCUT2D eigenvalue weighted by Crippen LogP contribution is 1.96. The van der Waals surface area contributed by atoms with Gasteiger partial charge >= 0.3 is 5.97 Å². The van der Waals surface area contributed by atoms with Crippen molar-refractivity contribution in [3.05, 3.63) is 0 Å². The van der Waals surface area contributed by atoms with Crippen LogP contribution in [0.1, 0.15) is 12.8 Å². The van der Waals surface area contributed by atoms with Crippen molar-refractivity contribution in [3.8, 4) is 0 Å². The highest BCUT2D eigenvalue weighted by Gasteiger charge is 2.13. The van der Waals surface area contributed by atoms with E-state index in [1.807, 2.05) is 0 Å². The summed E-state index contributed by atoms with van der Waals surface area (Å²) in [5, 5.41) is 3.27. The molecule has 0 aliphatic carbocycles. The molecule has 8 heteroatoms. The lowest BCUT2D eigenvalue weighted by atomic mass is 10.3. The molecule has 1 heterocycles. The first kappa shape index (κ1) is 16.4. The highest BCUT2D eigenvalue weighted by molar-refractivity contribution is 7.89. The lowest BCUT2D eigenvalue weighted by Gasteiger charge is -2.27. The second kappa shape index (κ2) is 8.47. The van der Waals surface area contributed by atoms with Crippen molar-refractivity contribution in [1.29, 1.82) is 0 Å². The average molecular weight is 293 g/mol. The standard InChI is InChI=1S/C11H23N3O4S/c1-18-11(15)3-10-19(16,17)13-4-2-7-14-8-5-12-6-9-14/h12-13H,2-10H2,1H3. The Morgan fingerprint density at radius 1 is 1.37 bits per heavy atom. The number of nitrogens with zero attached hydrogens (tertiary/aromatic N) is 1. The van der Waals surface area contributed by atoms with Crippen molar-refractivity contribution in [2.24, 2.45) is 0 Å². The van der Waals surface area contributed by atoms with E-state index in [-0.39, 0.29) is 12.2 Å². The summed E-state index contributed by atoms with van der Waals surface area (Å²) in [6.07, 6.45) is 0.668. The molecule has 19 heavy (non-hydrogen) atoms. The van der Waals surface area contributed by atoms with Crippen LogP contribution in [0.5, 0.6) is 0 Å². The van der Waals surface area contributed by atoms with E-state index in [4.69, 9.17) is 0 Å². The van der Waals surface area contributed by atoms with E-state index in [1.54, 1.807) is 0 Å². The van der Waals surface area contributed by atoms with Crippen molar-refractivity contribution >= 4 is 16.0 Å². The molecule has 7 nitrogen and oxygen atoms in total. The van der Waals surface area contributed by atoms with Crippen LogP contribution in [0.15, 0.2) is 0 Å². The number of carbonyl (C=O) groups excluding carboxylic acids is 1. The smallest absolute Gasteiger partial charge is 0.306 e. The topological polar surface area (TPSA) is 87.7 Å². The minimum absolute atomic E-state index is 0.108. The van der Waals surface area contributed by atoms with Gasteiger partial charge < -0.3 is 15.0 Å². The van der Waals surface area contributed by atoms with Gasteiger partial charge in [-0.3, -0.25) is 4.79 Å². The number of ether oxygens (including phenoxy) is 1. The zero-order chi connectivity index (χ0) is 14.1. The second-order valence-electron chi connectivity index (χ2n) is 4.48. The van der Waals surface area contributed by atoms with E-state index in [1.165, 1.54) is 7.11 Å². The first-order chi connectivity index (χ1) is 9.03. The van der Waals surface area contributed by atoms with Gasteiger partial charge in [0.05, 0.1) is 19.3 Å². The molecule has 1 aliphatic heterocycles. The maximum absolute atomic E-state index is 11.6. The van der Waals surface area contributed by atoms with Crippen molar-refractivity contribution in [2.75, 3.05) is 52.1 Å². The fourth-order valence-corrected chi connectivity index (χ4v) is 2.89. The molecule has 0 aromatic rings. The third-order valence-electron chi connectivity index (χ3n) is 2.99. The lowest BCUT2D eigenvalue weighted by molar-refractivity contribution is -0.140. The molecular weight excluding hydrogens is 270 g/mol. The number of carbonyl (C=O) groups is 1. The van der Waals surface area contributed by atoms with Gasteiger partial charge in [-0.15, -0.1) is 0 Å². The summed E-state index contributed by atoms with van der Waals surface area (Å²) in [5.41, 5.74) is 0. The van der Waals surface area contributed by atoms with Gasteiger partial charge in [0.25, 0.3) is 0 Å². The second-order valence-corrected chi connectivity index (χ2v) is 6.41. The molecular formula is C11H23N3O4S. The predicted octanol–water partition coefficient (Wildman–Crippen LogP) is -1.24. The van der Waals surface area contributed by atoms with Crippen molar-refractivity contribution in [1.82, 2.24) is 14.9 Å². The Kier molecular flexibility index (Phi) is 7.29. The molecule has 0 aromatic carbocycles. The summed E-state index contributed by atoms with van der Waals surface area (Å²) in [4.78, 5) is 13.2. The summed E-state index contributed by atoms with van der Waals surface area (Å²) in [7, 11) is -2.13. The van der Waals surface area contributed by atoms with E-state index < -0.39 is 16.0 Å². The Hall–Kier alpha value is -0.700. The molecule has 0 aromatic heterocycles. The number of piperazine rings is 1. The van der Waals surface area contributed by atoms with Crippen LogP contribution in [0.4, 0.5) is 0 Å². The Morgan fingerprint density at radius 3 is 2.68 bits per heavy atom. The van der Waals surface area contributed by atoms with Crippen LogP contribution in [0, 0.1) is 0 Å². The fraction of sp³-hybridized carbons (Fsp3) is 0.909. The molecule has 0 spiro atoms. The SMILES string of the molecule is COC(=O)CCS(=O)(=O)NCCCN1CCNCC1. The van der Waals surface area contributed by atoms with Crippen LogP contribution in [0.2, 0.25) is 0 Å². The monoisotopic (exact) mass is 293 g/mol. The van der Waals surface area contributed by atoms with Gasteiger partial charge in [0.15, 0.2) is 0 Å². The molecule has 2 N–H and O–H groups in total. The third-order valence-corrected chi connectivity index (χ3v) is 4.37. The molecule has 0 saturated carbocycles. The zero-order valence-corrected chi connectivity index (χ0v) is 12.2. The highest BCUT2D eigenvalue weighted by atomic mass is 32.2. The number of rotatable bonds is 8. The van der Waals surface area contributed by atoms with E-state index in [0.29, 0.717) is 6.54 Å². The molecule has 0 amide bonds. The molecule has 0 bridgehead atoms. The van der Waals surface area contributed by atoms with Crippen LogP contribution >= 0.6 is 0 Å². The van der Waals surface area contributed by atoms with Gasteiger partial charge in [-0.05, 0) is 13.0 Å². The van der Waals surface area contributed by atoms with Gasteiger partial charge in [-0.25, -0.2) is 13.1 Å². The normalized spacial score (nSPS) is 17.3. The quantitative estimate of drug-likeness (QED) is 0.430. The van der Waals surface area contributed by atoms with Crippen LogP contribution in [-0.4, -0.2) is 71.4 Å². The lowest BCUT2D eigenvalue weighted by Crippen LogP contribution is -2.44. The Morgan fingerprint density at radius 2 is 2.05 bits per heavy atom. The number of esters is 1. The molecule has 0 radical (unpaired) electrons. The van der Waals surface area contributed by atoms with Crippen LogP contribution < -0.4 is 10.0 Å². The van der Waals surface area contributed by atoms with Crippen LogP contribution in [0.3, 0.4) is 0 Å². The number of nitrogens with one attached hydrogen (secondary N) is 2. The summed E-state index contributed by atoms with van der Waals surface area (Å²) in [6, 6.07) is 0. The first-order valence-electron chi connectivity index (χ1n) is 6.51. The number of sulfonamides is 1. The number of hydrogen-bond donors (Lipinski definition) is 2. The molecule has 0 unspecified atom stereocenters. The van der Waals surface area contributed by atoms with Crippen LogP contribution in [-0.2, 0) is 19.6 Å². The molecule has 1 rings (SSSR count). The molecule has 1 fully saturated rings.